The average molecular weight is 204 g/mol. The average Bonchev–Trinajstić information content (AvgIpc) is 2.13. The van der Waals surface area contributed by atoms with Crippen LogP contribution in [0, 0.1) is 5.82 Å². The Morgan fingerprint density at radius 3 is 2.69 bits per heavy atom. The van der Waals surface area contributed by atoms with Crippen molar-refractivity contribution in [1.29, 1.82) is 0 Å². The van der Waals surface area contributed by atoms with Gasteiger partial charge < -0.3 is 5.32 Å². The lowest BCUT2D eigenvalue weighted by atomic mass is 10.2. The molecule has 0 saturated carbocycles. The van der Waals surface area contributed by atoms with Crippen LogP contribution in [0.15, 0.2) is 18.2 Å². The molecular weight excluding hydrogens is 193 g/mol. The molecule has 0 spiro atoms. The minimum atomic E-state index is -0.433. The molecule has 13 heavy (non-hydrogen) atoms. The van der Waals surface area contributed by atoms with E-state index in [1.807, 2.05) is 0 Å². The van der Waals surface area contributed by atoms with E-state index >= 15 is 0 Å². The van der Waals surface area contributed by atoms with Crippen LogP contribution in [0.2, 0.25) is 5.02 Å². The quantitative estimate of drug-likeness (QED) is 0.393. The van der Waals surface area contributed by atoms with Gasteiger partial charge >= 0.3 is 0 Å². The number of benzene rings is 1. The van der Waals surface area contributed by atoms with E-state index in [0.29, 0.717) is 0 Å². The first-order valence-corrected chi connectivity index (χ1v) is 4.15. The molecule has 5 heteroatoms. The standard InChI is InChI=1S/C8H11ClFN3/c1-12-8(13-11)5-2-3-7(10)6(9)4-5/h2-4,8,12-13H,11H2,1H3. The van der Waals surface area contributed by atoms with Gasteiger partial charge in [0, 0.05) is 0 Å². The molecule has 0 amide bonds. The normalized spacial score (nSPS) is 12.9. The molecule has 0 aliphatic carbocycles. The molecule has 1 atom stereocenters. The Morgan fingerprint density at radius 2 is 2.23 bits per heavy atom. The fourth-order valence-corrected chi connectivity index (χ4v) is 1.23. The lowest BCUT2D eigenvalue weighted by Gasteiger charge is -2.15. The van der Waals surface area contributed by atoms with Crippen LogP contribution in [0.3, 0.4) is 0 Å². The smallest absolute Gasteiger partial charge is 0.141 e. The van der Waals surface area contributed by atoms with Gasteiger partial charge in [0.05, 0.1) is 11.2 Å². The van der Waals surface area contributed by atoms with Gasteiger partial charge in [-0.3, -0.25) is 5.84 Å². The fraction of sp³-hybridized carbons (Fsp3) is 0.250. The third-order valence-corrected chi connectivity index (χ3v) is 2.02. The molecule has 0 saturated heterocycles. The monoisotopic (exact) mass is 203 g/mol. The molecule has 0 aliphatic heterocycles. The Morgan fingerprint density at radius 1 is 1.54 bits per heavy atom. The summed E-state index contributed by atoms with van der Waals surface area (Å²) in [6.45, 7) is 0. The Bertz CT molecular complexity index is 289. The van der Waals surface area contributed by atoms with Gasteiger partial charge in [0.25, 0.3) is 0 Å². The van der Waals surface area contributed by atoms with Gasteiger partial charge in [-0.2, -0.15) is 0 Å². The molecule has 0 fully saturated rings. The molecule has 0 aliphatic rings. The van der Waals surface area contributed by atoms with E-state index in [2.05, 4.69) is 10.7 Å². The number of nitrogens with two attached hydrogens (primary N) is 1. The van der Waals surface area contributed by atoms with E-state index < -0.39 is 5.82 Å². The molecule has 0 radical (unpaired) electrons. The Balaban J connectivity index is 2.95. The topological polar surface area (TPSA) is 50.1 Å². The summed E-state index contributed by atoms with van der Waals surface area (Å²) in [4.78, 5) is 0. The molecule has 1 unspecified atom stereocenters. The molecular formula is C8H11ClFN3. The third-order valence-electron chi connectivity index (χ3n) is 1.73. The SMILES string of the molecule is CNC(NN)c1ccc(F)c(Cl)c1. The second-order valence-corrected chi connectivity index (χ2v) is 2.97. The molecule has 72 valence electrons. The van der Waals surface area contributed by atoms with Gasteiger partial charge in [-0.1, -0.05) is 17.7 Å². The largest absolute Gasteiger partial charge is 0.300 e. The van der Waals surface area contributed by atoms with Crippen molar-refractivity contribution < 1.29 is 4.39 Å². The highest BCUT2D eigenvalue weighted by Gasteiger charge is 2.08. The van der Waals surface area contributed by atoms with E-state index in [1.54, 1.807) is 13.1 Å². The molecule has 1 aromatic rings. The summed E-state index contributed by atoms with van der Waals surface area (Å²) >= 11 is 5.60. The van der Waals surface area contributed by atoms with E-state index in [-0.39, 0.29) is 11.2 Å². The Labute approximate surface area is 81.0 Å². The second kappa shape index (κ2) is 4.53. The van der Waals surface area contributed by atoms with Crippen LogP contribution in [0.5, 0.6) is 0 Å². The predicted molar refractivity (Wildman–Crippen MR) is 50.5 cm³/mol. The first kappa shape index (κ1) is 10.4. The number of hydrazine groups is 1. The number of hydrogen-bond donors (Lipinski definition) is 3. The van der Waals surface area contributed by atoms with E-state index in [4.69, 9.17) is 17.4 Å². The fourth-order valence-electron chi connectivity index (χ4n) is 1.04. The van der Waals surface area contributed by atoms with E-state index in [0.717, 1.165) is 5.56 Å². The zero-order chi connectivity index (χ0) is 9.84. The highest BCUT2D eigenvalue weighted by molar-refractivity contribution is 6.30. The van der Waals surface area contributed by atoms with Crippen molar-refractivity contribution in [3.05, 3.63) is 34.6 Å². The number of rotatable bonds is 3. The highest BCUT2D eigenvalue weighted by atomic mass is 35.5. The summed E-state index contributed by atoms with van der Waals surface area (Å²) < 4.78 is 12.8. The summed E-state index contributed by atoms with van der Waals surface area (Å²) in [7, 11) is 1.74. The van der Waals surface area contributed by atoms with Crippen LogP contribution >= 0.6 is 11.6 Å². The second-order valence-electron chi connectivity index (χ2n) is 2.56. The minimum Gasteiger partial charge on any atom is -0.300 e. The molecule has 0 bridgehead atoms. The van der Waals surface area contributed by atoms with Gasteiger partial charge in [0.2, 0.25) is 0 Å². The van der Waals surface area contributed by atoms with Crippen LogP contribution in [-0.4, -0.2) is 7.05 Å². The van der Waals surface area contributed by atoms with E-state index in [9.17, 15) is 4.39 Å². The maximum Gasteiger partial charge on any atom is 0.141 e. The lowest BCUT2D eigenvalue weighted by Crippen LogP contribution is -2.36. The van der Waals surface area contributed by atoms with Gasteiger partial charge in [0.15, 0.2) is 0 Å². The summed E-state index contributed by atoms with van der Waals surface area (Å²) in [6.07, 6.45) is -0.224. The van der Waals surface area contributed by atoms with Crippen LogP contribution in [0.1, 0.15) is 11.7 Å². The number of nitrogens with one attached hydrogen (secondary N) is 2. The van der Waals surface area contributed by atoms with Crippen molar-refractivity contribution in [2.45, 2.75) is 6.17 Å². The van der Waals surface area contributed by atoms with Crippen molar-refractivity contribution in [2.75, 3.05) is 7.05 Å². The third kappa shape index (κ3) is 2.38. The van der Waals surface area contributed by atoms with Crippen LogP contribution in [-0.2, 0) is 0 Å². The minimum absolute atomic E-state index is 0.0907. The summed E-state index contributed by atoms with van der Waals surface area (Å²) in [6, 6.07) is 4.44. The van der Waals surface area contributed by atoms with Gasteiger partial charge in [0.1, 0.15) is 5.82 Å². The lowest BCUT2D eigenvalue weighted by molar-refractivity contribution is 0.487. The first-order chi connectivity index (χ1) is 6.19. The molecule has 0 aromatic heterocycles. The Hall–Kier alpha value is -0.680. The zero-order valence-electron chi connectivity index (χ0n) is 7.14. The van der Waals surface area contributed by atoms with Crippen molar-refractivity contribution in [3.8, 4) is 0 Å². The maximum absolute atomic E-state index is 12.8. The van der Waals surface area contributed by atoms with Gasteiger partial charge in [-0.25, -0.2) is 9.82 Å². The number of hydrogen-bond acceptors (Lipinski definition) is 3. The van der Waals surface area contributed by atoms with Crippen molar-refractivity contribution in [3.63, 3.8) is 0 Å². The van der Waals surface area contributed by atoms with E-state index in [1.165, 1.54) is 12.1 Å². The van der Waals surface area contributed by atoms with Crippen molar-refractivity contribution in [1.82, 2.24) is 10.7 Å². The molecule has 3 nitrogen and oxygen atoms in total. The first-order valence-electron chi connectivity index (χ1n) is 3.77. The maximum atomic E-state index is 12.8. The predicted octanol–water partition coefficient (Wildman–Crippen LogP) is 1.16. The summed E-state index contributed by atoms with van der Waals surface area (Å²) in [5.41, 5.74) is 3.31. The van der Waals surface area contributed by atoms with Crippen molar-refractivity contribution >= 4 is 11.6 Å². The summed E-state index contributed by atoms with van der Waals surface area (Å²) in [5.74, 6) is 4.82. The highest BCUT2D eigenvalue weighted by Crippen LogP contribution is 2.18. The Kier molecular flexibility index (Phi) is 3.62. The zero-order valence-corrected chi connectivity index (χ0v) is 7.90. The number of halogens is 2. The van der Waals surface area contributed by atoms with Crippen LogP contribution in [0.25, 0.3) is 0 Å². The molecule has 1 aromatic carbocycles. The van der Waals surface area contributed by atoms with Crippen molar-refractivity contribution in [2.24, 2.45) is 5.84 Å². The summed E-state index contributed by atoms with van der Waals surface area (Å²) in [5, 5.41) is 2.99. The molecule has 4 N–H and O–H groups in total. The molecule has 1 rings (SSSR count). The van der Waals surface area contributed by atoms with Gasteiger partial charge in [-0.15, -0.1) is 0 Å². The van der Waals surface area contributed by atoms with Crippen LogP contribution < -0.4 is 16.6 Å². The molecule has 0 heterocycles. The van der Waals surface area contributed by atoms with Crippen LogP contribution in [0.4, 0.5) is 4.39 Å². The van der Waals surface area contributed by atoms with Gasteiger partial charge in [-0.05, 0) is 24.7 Å².